The van der Waals surface area contributed by atoms with E-state index in [2.05, 4.69) is 15.0 Å². The Hall–Kier alpha value is -3.47. The van der Waals surface area contributed by atoms with E-state index < -0.39 is 0 Å². The van der Waals surface area contributed by atoms with Crippen molar-refractivity contribution in [2.24, 2.45) is 9.98 Å². The Bertz CT molecular complexity index is 922. The van der Waals surface area contributed by atoms with E-state index in [0.717, 1.165) is 35.5 Å². The van der Waals surface area contributed by atoms with E-state index in [1.807, 2.05) is 66.7 Å². The fraction of sp³-hybridized carbons (Fsp3) is 0.174. The zero-order valence-corrected chi connectivity index (χ0v) is 15.5. The van der Waals surface area contributed by atoms with Gasteiger partial charge in [0.15, 0.2) is 11.6 Å². The van der Waals surface area contributed by atoms with E-state index in [1.54, 1.807) is 12.4 Å². The number of nitrogens with zero attached hydrogens (tertiary/aromatic N) is 3. The van der Waals surface area contributed by atoms with E-state index in [4.69, 9.17) is 9.47 Å². The van der Waals surface area contributed by atoms with Crippen LogP contribution in [0.1, 0.15) is 24.0 Å². The number of hydrogen-bond acceptors (Lipinski definition) is 5. The van der Waals surface area contributed by atoms with Gasteiger partial charge in [0.1, 0.15) is 11.5 Å². The molecule has 0 spiro atoms. The van der Waals surface area contributed by atoms with Gasteiger partial charge in [0.2, 0.25) is 0 Å². The lowest BCUT2D eigenvalue weighted by Crippen LogP contribution is -2.04. The minimum atomic E-state index is 0.596. The Balaban J connectivity index is 1.67. The predicted molar refractivity (Wildman–Crippen MR) is 112 cm³/mol. The fourth-order valence-corrected chi connectivity index (χ4v) is 2.83. The number of hydrogen-bond donors (Lipinski definition) is 0. The standard InChI is InChI=1S/C23H21N3O2/c1-3-10-20-18(8-1)16-24-22-12-7-13-23(26-22)25-17-19-9-2-4-11-21(19)28-15-6-5-14-27-20/h1-4,7-13,16-17H,5-6,14-15H2/b24-16-,25-17?. The fourth-order valence-electron chi connectivity index (χ4n) is 2.83. The first kappa shape index (κ1) is 17.9. The number of aromatic nitrogens is 1. The third-order valence-corrected chi connectivity index (χ3v) is 4.28. The summed E-state index contributed by atoms with van der Waals surface area (Å²) in [4.78, 5) is 13.5. The van der Waals surface area contributed by atoms with Crippen molar-refractivity contribution in [3.8, 4) is 11.5 Å². The average molecular weight is 371 g/mol. The largest absolute Gasteiger partial charge is 0.493 e. The summed E-state index contributed by atoms with van der Waals surface area (Å²) in [5.74, 6) is 2.82. The summed E-state index contributed by atoms with van der Waals surface area (Å²) in [5.41, 5.74) is 1.84. The van der Waals surface area contributed by atoms with Crippen LogP contribution in [0.4, 0.5) is 11.6 Å². The van der Waals surface area contributed by atoms with Crippen LogP contribution in [0.3, 0.4) is 0 Å². The maximum atomic E-state index is 5.95. The molecule has 0 amide bonds. The van der Waals surface area contributed by atoms with Gasteiger partial charge in [0.25, 0.3) is 0 Å². The van der Waals surface area contributed by atoms with E-state index >= 15 is 0 Å². The third kappa shape index (κ3) is 4.62. The van der Waals surface area contributed by atoms with Gasteiger partial charge in [-0.25, -0.2) is 15.0 Å². The molecule has 0 aliphatic carbocycles. The highest BCUT2D eigenvalue weighted by Crippen LogP contribution is 2.21. The van der Waals surface area contributed by atoms with E-state index in [9.17, 15) is 0 Å². The molecule has 0 fully saturated rings. The minimum absolute atomic E-state index is 0.596. The first-order chi connectivity index (χ1) is 13.9. The Kier molecular flexibility index (Phi) is 5.73. The molecule has 1 aliphatic heterocycles. The molecule has 1 aromatic heterocycles. The van der Waals surface area contributed by atoms with E-state index in [-0.39, 0.29) is 0 Å². The van der Waals surface area contributed by atoms with Gasteiger partial charge in [-0.1, -0.05) is 30.3 Å². The predicted octanol–water partition coefficient (Wildman–Crippen LogP) is 5.13. The van der Waals surface area contributed by atoms with Gasteiger partial charge >= 0.3 is 0 Å². The van der Waals surface area contributed by atoms with Crippen molar-refractivity contribution < 1.29 is 9.47 Å². The summed E-state index contributed by atoms with van der Waals surface area (Å²) in [5, 5.41) is 0. The molecule has 0 atom stereocenters. The van der Waals surface area contributed by atoms with Gasteiger partial charge in [-0.3, -0.25) is 0 Å². The van der Waals surface area contributed by atoms with Gasteiger partial charge in [-0.05, 0) is 49.2 Å². The lowest BCUT2D eigenvalue weighted by molar-refractivity contribution is 0.266. The molecule has 0 unspecified atom stereocenters. The Morgan fingerprint density at radius 1 is 0.571 bits per heavy atom. The maximum absolute atomic E-state index is 5.95. The lowest BCUT2D eigenvalue weighted by Gasteiger charge is -2.10. The molecule has 140 valence electrons. The van der Waals surface area contributed by atoms with E-state index in [1.165, 1.54) is 0 Å². The number of rotatable bonds is 0. The van der Waals surface area contributed by atoms with Crippen molar-refractivity contribution in [3.63, 3.8) is 0 Å². The van der Waals surface area contributed by atoms with Crippen LogP contribution in [0.2, 0.25) is 0 Å². The average Bonchev–Trinajstić information content (AvgIpc) is 2.74. The van der Waals surface area contributed by atoms with Gasteiger partial charge < -0.3 is 9.47 Å². The molecule has 2 aromatic carbocycles. The molecule has 5 heteroatoms. The second-order valence-corrected chi connectivity index (χ2v) is 6.35. The topological polar surface area (TPSA) is 56.1 Å². The molecule has 1 aliphatic rings. The molecule has 4 rings (SSSR count). The highest BCUT2D eigenvalue weighted by molar-refractivity contribution is 5.86. The summed E-state index contributed by atoms with van der Waals surface area (Å²) >= 11 is 0. The van der Waals surface area contributed by atoms with Crippen LogP contribution in [-0.4, -0.2) is 30.6 Å². The molecule has 0 N–H and O–H groups in total. The number of benzene rings is 2. The van der Waals surface area contributed by atoms with Crippen LogP contribution in [0.5, 0.6) is 11.5 Å². The molecule has 0 saturated heterocycles. The number of para-hydroxylation sites is 2. The second-order valence-electron chi connectivity index (χ2n) is 6.35. The summed E-state index contributed by atoms with van der Waals surface area (Å²) in [6.45, 7) is 1.26. The molecule has 3 aromatic rings. The molecular weight excluding hydrogens is 350 g/mol. The summed E-state index contributed by atoms with van der Waals surface area (Å²) < 4.78 is 11.9. The van der Waals surface area contributed by atoms with Crippen LogP contribution in [0.25, 0.3) is 0 Å². The smallest absolute Gasteiger partial charge is 0.154 e. The zero-order valence-electron chi connectivity index (χ0n) is 15.5. The first-order valence-electron chi connectivity index (χ1n) is 9.37. The van der Waals surface area contributed by atoms with Gasteiger partial charge in [0.05, 0.1) is 13.2 Å². The molecule has 5 nitrogen and oxygen atoms in total. The van der Waals surface area contributed by atoms with Gasteiger partial charge in [0, 0.05) is 23.6 Å². The third-order valence-electron chi connectivity index (χ3n) is 4.28. The van der Waals surface area contributed by atoms with Crippen molar-refractivity contribution >= 4 is 24.1 Å². The summed E-state index contributed by atoms with van der Waals surface area (Å²) in [7, 11) is 0. The first-order valence-corrected chi connectivity index (χ1v) is 9.37. The Labute approximate surface area is 164 Å². The Morgan fingerprint density at radius 2 is 1.07 bits per heavy atom. The molecular formula is C23H21N3O2. The van der Waals surface area contributed by atoms with Gasteiger partial charge in [-0.2, -0.15) is 0 Å². The zero-order chi connectivity index (χ0) is 19.0. The quantitative estimate of drug-likeness (QED) is 0.550. The highest BCUT2D eigenvalue weighted by Gasteiger charge is 2.04. The number of fused-ring (bicyclic) bond motifs is 4. The molecule has 2 heterocycles. The summed E-state index contributed by atoms with van der Waals surface area (Å²) in [6, 6.07) is 21.3. The lowest BCUT2D eigenvalue weighted by atomic mass is 10.2. The molecule has 0 radical (unpaired) electrons. The van der Waals surface area contributed by atoms with Crippen LogP contribution in [-0.2, 0) is 0 Å². The van der Waals surface area contributed by atoms with Crippen LogP contribution >= 0.6 is 0 Å². The van der Waals surface area contributed by atoms with Crippen molar-refractivity contribution in [2.45, 2.75) is 12.8 Å². The minimum Gasteiger partial charge on any atom is -0.493 e. The summed E-state index contributed by atoms with van der Waals surface area (Å²) in [6.07, 6.45) is 5.37. The van der Waals surface area contributed by atoms with Crippen molar-refractivity contribution in [2.75, 3.05) is 13.2 Å². The van der Waals surface area contributed by atoms with Crippen LogP contribution in [0.15, 0.2) is 76.7 Å². The van der Waals surface area contributed by atoms with Crippen molar-refractivity contribution in [1.82, 2.24) is 4.98 Å². The van der Waals surface area contributed by atoms with E-state index in [0.29, 0.717) is 24.8 Å². The van der Waals surface area contributed by atoms with Crippen LogP contribution in [0, 0.1) is 0 Å². The van der Waals surface area contributed by atoms with Gasteiger partial charge in [-0.15, -0.1) is 0 Å². The number of pyridine rings is 1. The Morgan fingerprint density at radius 3 is 1.61 bits per heavy atom. The normalized spacial score (nSPS) is 15.3. The van der Waals surface area contributed by atoms with Crippen molar-refractivity contribution in [3.05, 3.63) is 77.9 Å². The molecule has 2 bridgehead atoms. The maximum Gasteiger partial charge on any atom is 0.154 e. The van der Waals surface area contributed by atoms with Crippen LogP contribution < -0.4 is 9.47 Å². The molecule has 28 heavy (non-hydrogen) atoms. The number of ether oxygens (including phenoxy) is 2. The monoisotopic (exact) mass is 371 g/mol. The highest BCUT2D eigenvalue weighted by atomic mass is 16.5. The van der Waals surface area contributed by atoms with Crippen molar-refractivity contribution in [1.29, 1.82) is 0 Å². The molecule has 0 saturated carbocycles. The number of aliphatic imine (C=N–C) groups is 2. The SMILES string of the molecule is C1=Nc2cccc(n2)/N=C\c2ccccc2OCCCCOc2ccccc21. The second kappa shape index (κ2) is 8.95.